The Hall–Kier alpha value is -2.70. The first kappa shape index (κ1) is 22.1. The summed E-state index contributed by atoms with van der Waals surface area (Å²) in [7, 11) is 0. The van der Waals surface area contributed by atoms with Gasteiger partial charge < -0.3 is 15.3 Å². The van der Waals surface area contributed by atoms with Crippen LogP contribution in [0, 0.1) is 5.92 Å². The van der Waals surface area contributed by atoms with Gasteiger partial charge in [0, 0.05) is 44.8 Å². The van der Waals surface area contributed by atoms with E-state index in [-0.39, 0.29) is 30.3 Å². The quantitative estimate of drug-likeness (QED) is 0.714. The molecule has 1 atom stereocenters. The number of fused-ring (bicyclic) bond motifs is 1. The first-order valence-electron chi connectivity index (χ1n) is 12.2. The number of likely N-dealkylation sites (tertiary alicyclic amines) is 1. The molecule has 0 radical (unpaired) electrons. The smallest absolute Gasteiger partial charge is 0.227 e. The standard InChI is InChI=1S/C27H33N3O3/c31-25-10-12-29(13-11-25)17-20-6-4-19(5-7-20)16-28-27(33)23-15-26(32)30(18-23)24-9-8-21-2-1-3-22(21)14-24/h4-9,14,23,25,31H,1-3,10-13,15-18H2,(H,28,33). The molecule has 6 heteroatoms. The molecule has 2 N–H and O–H groups in total. The molecule has 33 heavy (non-hydrogen) atoms. The Morgan fingerprint density at radius 3 is 2.52 bits per heavy atom. The summed E-state index contributed by atoms with van der Waals surface area (Å²) in [5, 5.41) is 12.7. The van der Waals surface area contributed by atoms with Crippen LogP contribution in [0.5, 0.6) is 0 Å². The Morgan fingerprint density at radius 2 is 1.73 bits per heavy atom. The summed E-state index contributed by atoms with van der Waals surface area (Å²) in [6.45, 7) is 3.68. The van der Waals surface area contributed by atoms with Gasteiger partial charge in [0.2, 0.25) is 11.8 Å². The maximum Gasteiger partial charge on any atom is 0.227 e. The van der Waals surface area contributed by atoms with E-state index in [1.165, 1.54) is 23.1 Å². The van der Waals surface area contributed by atoms with E-state index in [0.29, 0.717) is 13.1 Å². The van der Waals surface area contributed by atoms with Crippen molar-refractivity contribution in [2.24, 2.45) is 5.92 Å². The maximum absolute atomic E-state index is 12.8. The molecule has 2 saturated heterocycles. The summed E-state index contributed by atoms with van der Waals surface area (Å²) in [5.74, 6) is -0.329. The van der Waals surface area contributed by atoms with Crippen molar-refractivity contribution in [3.8, 4) is 0 Å². The third-order valence-electron chi connectivity index (χ3n) is 7.34. The van der Waals surface area contributed by atoms with Crippen LogP contribution in [-0.2, 0) is 35.5 Å². The number of nitrogens with zero attached hydrogens (tertiary/aromatic N) is 2. The van der Waals surface area contributed by atoms with Crippen LogP contribution in [0.4, 0.5) is 5.69 Å². The number of hydrogen-bond donors (Lipinski definition) is 2. The van der Waals surface area contributed by atoms with Crippen LogP contribution in [0.1, 0.15) is 47.9 Å². The Morgan fingerprint density at radius 1 is 1.00 bits per heavy atom. The molecule has 2 heterocycles. The van der Waals surface area contributed by atoms with Crippen molar-refractivity contribution in [3.63, 3.8) is 0 Å². The monoisotopic (exact) mass is 447 g/mol. The SMILES string of the molecule is O=C(NCc1ccc(CN2CCC(O)CC2)cc1)C1CC(=O)N(c2ccc3c(c2)CCC3)C1. The predicted molar refractivity (Wildman–Crippen MR) is 128 cm³/mol. The largest absolute Gasteiger partial charge is 0.393 e. The van der Waals surface area contributed by atoms with E-state index < -0.39 is 0 Å². The Labute approximate surface area is 195 Å². The van der Waals surface area contributed by atoms with Crippen molar-refractivity contribution in [1.82, 2.24) is 10.2 Å². The number of carbonyl (C=O) groups is 2. The fourth-order valence-electron chi connectivity index (χ4n) is 5.29. The second kappa shape index (κ2) is 9.65. The Kier molecular flexibility index (Phi) is 6.47. The zero-order valence-electron chi connectivity index (χ0n) is 19.1. The molecule has 2 fully saturated rings. The molecule has 1 unspecified atom stereocenters. The number of aryl methyl sites for hydroxylation is 2. The van der Waals surface area contributed by atoms with Gasteiger partial charge in [-0.15, -0.1) is 0 Å². The average molecular weight is 448 g/mol. The summed E-state index contributed by atoms with van der Waals surface area (Å²) in [6.07, 6.45) is 5.19. The van der Waals surface area contributed by atoms with Gasteiger partial charge in [0.15, 0.2) is 0 Å². The summed E-state index contributed by atoms with van der Waals surface area (Å²) in [4.78, 5) is 29.5. The molecule has 1 aliphatic carbocycles. The van der Waals surface area contributed by atoms with E-state index in [1.54, 1.807) is 4.90 Å². The Balaban J connectivity index is 1.12. The molecule has 0 spiro atoms. The maximum atomic E-state index is 12.8. The van der Waals surface area contributed by atoms with Crippen molar-refractivity contribution in [2.75, 3.05) is 24.5 Å². The molecule has 5 rings (SSSR count). The van der Waals surface area contributed by atoms with Gasteiger partial charge in [0.25, 0.3) is 0 Å². The van der Waals surface area contributed by atoms with Crippen LogP contribution in [0.3, 0.4) is 0 Å². The highest BCUT2D eigenvalue weighted by molar-refractivity contribution is 6.00. The van der Waals surface area contributed by atoms with Gasteiger partial charge in [-0.05, 0) is 66.5 Å². The van der Waals surface area contributed by atoms with Crippen LogP contribution >= 0.6 is 0 Å². The average Bonchev–Trinajstić information content (AvgIpc) is 3.46. The molecule has 2 amide bonds. The van der Waals surface area contributed by atoms with Crippen molar-refractivity contribution < 1.29 is 14.7 Å². The lowest BCUT2D eigenvalue weighted by molar-refractivity contribution is -0.126. The lowest BCUT2D eigenvalue weighted by Crippen LogP contribution is -2.35. The molecule has 2 aromatic rings. The summed E-state index contributed by atoms with van der Waals surface area (Å²) in [6, 6.07) is 14.6. The number of piperidine rings is 1. The molecule has 0 saturated carbocycles. The van der Waals surface area contributed by atoms with Crippen molar-refractivity contribution in [3.05, 3.63) is 64.7 Å². The number of amides is 2. The minimum Gasteiger partial charge on any atom is -0.393 e. The number of aliphatic hydroxyl groups excluding tert-OH is 1. The number of anilines is 1. The van der Waals surface area contributed by atoms with E-state index in [1.807, 2.05) is 6.07 Å². The fourth-order valence-corrected chi connectivity index (χ4v) is 5.29. The highest BCUT2D eigenvalue weighted by Crippen LogP contribution is 2.30. The lowest BCUT2D eigenvalue weighted by Gasteiger charge is -2.29. The highest BCUT2D eigenvalue weighted by atomic mass is 16.3. The summed E-state index contributed by atoms with van der Waals surface area (Å²) < 4.78 is 0. The molecule has 3 aliphatic rings. The van der Waals surface area contributed by atoms with E-state index >= 15 is 0 Å². The number of aliphatic hydroxyl groups is 1. The topological polar surface area (TPSA) is 72.9 Å². The van der Waals surface area contributed by atoms with Crippen LogP contribution in [0.25, 0.3) is 0 Å². The Bertz CT molecular complexity index is 1010. The number of benzene rings is 2. The second-order valence-corrected chi connectivity index (χ2v) is 9.75. The van der Waals surface area contributed by atoms with E-state index in [2.05, 4.69) is 46.6 Å². The van der Waals surface area contributed by atoms with Crippen LogP contribution < -0.4 is 10.2 Å². The second-order valence-electron chi connectivity index (χ2n) is 9.75. The molecule has 2 aromatic carbocycles. The molecular formula is C27H33N3O3. The normalized spacial score (nSPS) is 21.4. The highest BCUT2D eigenvalue weighted by Gasteiger charge is 2.35. The van der Waals surface area contributed by atoms with Crippen LogP contribution in [0.15, 0.2) is 42.5 Å². The van der Waals surface area contributed by atoms with E-state index in [9.17, 15) is 14.7 Å². The van der Waals surface area contributed by atoms with Gasteiger partial charge in [0.1, 0.15) is 0 Å². The molecule has 6 nitrogen and oxygen atoms in total. The van der Waals surface area contributed by atoms with Crippen molar-refractivity contribution in [1.29, 1.82) is 0 Å². The van der Waals surface area contributed by atoms with E-state index in [4.69, 9.17) is 0 Å². The van der Waals surface area contributed by atoms with Gasteiger partial charge in [-0.3, -0.25) is 14.5 Å². The van der Waals surface area contributed by atoms with Crippen LogP contribution in [0.2, 0.25) is 0 Å². The molecule has 2 aliphatic heterocycles. The van der Waals surface area contributed by atoms with Gasteiger partial charge in [0.05, 0.1) is 12.0 Å². The van der Waals surface area contributed by atoms with Gasteiger partial charge in [-0.2, -0.15) is 0 Å². The van der Waals surface area contributed by atoms with E-state index in [0.717, 1.165) is 56.6 Å². The predicted octanol–water partition coefficient (Wildman–Crippen LogP) is 2.80. The summed E-state index contributed by atoms with van der Waals surface area (Å²) >= 11 is 0. The van der Waals surface area contributed by atoms with Gasteiger partial charge >= 0.3 is 0 Å². The van der Waals surface area contributed by atoms with Crippen LogP contribution in [-0.4, -0.2) is 47.6 Å². The number of nitrogens with one attached hydrogen (secondary N) is 1. The number of carbonyl (C=O) groups excluding carboxylic acids is 2. The zero-order chi connectivity index (χ0) is 22.8. The lowest BCUT2D eigenvalue weighted by atomic mass is 10.1. The first-order valence-corrected chi connectivity index (χ1v) is 12.2. The van der Waals surface area contributed by atoms with Crippen molar-refractivity contribution >= 4 is 17.5 Å². The van der Waals surface area contributed by atoms with Gasteiger partial charge in [-0.25, -0.2) is 0 Å². The zero-order valence-corrected chi connectivity index (χ0v) is 19.1. The fraction of sp³-hybridized carbons (Fsp3) is 0.481. The number of rotatable bonds is 6. The third kappa shape index (κ3) is 5.12. The number of hydrogen-bond acceptors (Lipinski definition) is 4. The molecular weight excluding hydrogens is 414 g/mol. The molecule has 0 aromatic heterocycles. The first-order chi connectivity index (χ1) is 16.0. The van der Waals surface area contributed by atoms with Crippen molar-refractivity contribution in [2.45, 2.75) is 57.7 Å². The van der Waals surface area contributed by atoms with Gasteiger partial charge in [-0.1, -0.05) is 30.3 Å². The third-order valence-corrected chi connectivity index (χ3v) is 7.34. The summed E-state index contributed by atoms with van der Waals surface area (Å²) in [5.41, 5.74) is 5.96. The minimum absolute atomic E-state index is 0.0303. The minimum atomic E-state index is -0.306. The molecule has 0 bridgehead atoms. The molecule has 174 valence electrons.